The molecule has 2 bridgehead atoms. The Morgan fingerprint density at radius 1 is 1.24 bits per heavy atom. The number of hydrogen-bond donors (Lipinski definition) is 1. The Kier molecular flexibility index (Phi) is 5.22. The van der Waals surface area contributed by atoms with Gasteiger partial charge in [0.15, 0.2) is 16.8 Å². The first kappa shape index (κ1) is 21.9. The molecule has 0 saturated carbocycles. The van der Waals surface area contributed by atoms with Crippen LogP contribution in [0.1, 0.15) is 13.3 Å². The number of pyridine rings is 1. The monoisotopic (exact) mass is 474 g/mol. The first-order valence-corrected chi connectivity index (χ1v) is 10.6. The SMILES string of the molecule is CCOC(=O)C(F)(F)Oc1ccc(-c2ccccn2)c2oc(N3CC4CC(C3)N4C(=O)O)nc12. The van der Waals surface area contributed by atoms with Crippen LogP contribution in [0.15, 0.2) is 40.9 Å². The quantitative estimate of drug-likeness (QED) is 0.537. The molecule has 3 fully saturated rings. The standard InChI is InChI=1S/C22H20F2N4O6/c1-2-32-19(29)22(23,24)34-16-7-6-14(15-5-3-4-8-25-15)18-17(16)26-20(33-18)27-10-12-9-13(11-27)28(12)21(30)31/h3-8,12-13H,2,9-11H2,1H3,(H,30,31). The van der Waals surface area contributed by atoms with E-state index < -0.39 is 18.2 Å². The zero-order chi connectivity index (χ0) is 24.0. The van der Waals surface area contributed by atoms with Crippen LogP contribution in [-0.4, -0.2) is 69.9 Å². The summed E-state index contributed by atoms with van der Waals surface area (Å²) in [7, 11) is 0. The summed E-state index contributed by atoms with van der Waals surface area (Å²) in [6, 6.07) is 7.73. The van der Waals surface area contributed by atoms with E-state index in [0.717, 1.165) is 6.42 Å². The molecular weight excluding hydrogens is 454 g/mol. The molecule has 3 aromatic rings. The number of carbonyl (C=O) groups excluding carboxylic acids is 1. The van der Waals surface area contributed by atoms with E-state index in [1.54, 1.807) is 29.3 Å². The van der Waals surface area contributed by atoms with Crippen molar-refractivity contribution in [2.75, 3.05) is 24.6 Å². The second-order valence-electron chi connectivity index (χ2n) is 7.98. The lowest BCUT2D eigenvalue weighted by Gasteiger charge is -2.54. The lowest BCUT2D eigenvalue weighted by molar-refractivity contribution is -0.216. The smallest absolute Gasteiger partial charge is 0.465 e. The number of rotatable bonds is 6. The molecule has 34 heavy (non-hydrogen) atoms. The summed E-state index contributed by atoms with van der Waals surface area (Å²) in [5, 5.41) is 9.34. The van der Waals surface area contributed by atoms with Gasteiger partial charge in [0.25, 0.3) is 6.01 Å². The maximum Gasteiger partial charge on any atom is 0.502 e. The fourth-order valence-electron chi connectivity index (χ4n) is 4.39. The third-order valence-electron chi connectivity index (χ3n) is 5.87. The van der Waals surface area contributed by atoms with E-state index in [-0.39, 0.29) is 41.6 Å². The number of nitrogens with zero attached hydrogens (tertiary/aromatic N) is 4. The van der Waals surface area contributed by atoms with E-state index >= 15 is 0 Å². The van der Waals surface area contributed by atoms with E-state index in [1.807, 2.05) is 0 Å². The third kappa shape index (κ3) is 3.64. The van der Waals surface area contributed by atoms with Gasteiger partial charge in [-0.15, -0.1) is 0 Å². The van der Waals surface area contributed by atoms with Crippen LogP contribution in [0.25, 0.3) is 22.4 Å². The van der Waals surface area contributed by atoms with Crippen LogP contribution < -0.4 is 9.64 Å². The Morgan fingerprint density at radius 3 is 2.65 bits per heavy atom. The van der Waals surface area contributed by atoms with Gasteiger partial charge in [-0.25, -0.2) is 9.59 Å². The summed E-state index contributed by atoms with van der Waals surface area (Å²) in [6.45, 7) is 1.88. The molecule has 2 aromatic heterocycles. The van der Waals surface area contributed by atoms with Crippen molar-refractivity contribution < 1.29 is 37.4 Å². The van der Waals surface area contributed by atoms with Crippen molar-refractivity contribution in [2.24, 2.45) is 0 Å². The summed E-state index contributed by atoms with van der Waals surface area (Å²) in [4.78, 5) is 34.9. The molecule has 178 valence electrons. The molecule has 6 rings (SSSR count). The highest BCUT2D eigenvalue weighted by Crippen LogP contribution is 2.40. The zero-order valence-electron chi connectivity index (χ0n) is 18.0. The van der Waals surface area contributed by atoms with E-state index in [1.165, 1.54) is 24.0 Å². The van der Waals surface area contributed by atoms with Crippen molar-refractivity contribution in [1.82, 2.24) is 14.9 Å². The molecule has 2 atom stereocenters. The predicted octanol–water partition coefficient (Wildman–Crippen LogP) is 3.37. The molecule has 3 aliphatic heterocycles. The van der Waals surface area contributed by atoms with Gasteiger partial charge in [0.2, 0.25) is 0 Å². The lowest BCUT2D eigenvalue weighted by atomic mass is 9.88. The molecule has 0 aliphatic carbocycles. The molecule has 1 N–H and O–H groups in total. The van der Waals surface area contributed by atoms with Crippen LogP contribution in [0, 0.1) is 0 Å². The Hall–Kier alpha value is -3.96. The van der Waals surface area contributed by atoms with Crippen molar-refractivity contribution in [3.05, 3.63) is 36.5 Å². The Labute approximate surface area is 191 Å². The van der Waals surface area contributed by atoms with Gasteiger partial charge in [-0.2, -0.15) is 13.8 Å². The number of carbonyl (C=O) groups is 2. The summed E-state index contributed by atoms with van der Waals surface area (Å²) >= 11 is 0. The first-order chi connectivity index (χ1) is 16.3. The van der Waals surface area contributed by atoms with E-state index in [9.17, 15) is 23.5 Å². The largest absolute Gasteiger partial charge is 0.502 e. The predicted molar refractivity (Wildman–Crippen MR) is 114 cm³/mol. The highest BCUT2D eigenvalue weighted by atomic mass is 19.3. The fraction of sp³-hybridized carbons (Fsp3) is 0.364. The number of aromatic nitrogens is 2. The normalized spacial score (nSPS) is 19.6. The van der Waals surface area contributed by atoms with Crippen molar-refractivity contribution in [3.63, 3.8) is 0 Å². The van der Waals surface area contributed by atoms with Gasteiger partial charge < -0.3 is 23.9 Å². The number of oxazole rings is 1. The van der Waals surface area contributed by atoms with Gasteiger partial charge in [0.1, 0.15) is 0 Å². The number of alkyl halides is 2. The number of ether oxygens (including phenoxy) is 2. The van der Waals surface area contributed by atoms with Crippen LogP contribution in [0.3, 0.4) is 0 Å². The second-order valence-corrected chi connectivity index (χ2v) is 7.98. The average molecular weight is 474 g/mol. The maximum atomic E-state index is 14.3. The minimum atomic E-state index is -4.23. The summed E-state index contributed by atoms with van der Waals surface area (Å²) < 4.78 is 43.8. The van der Waals surface area contributed by atoms with Gasteiger partial charge in [-0.1, -0.05) is 6.07 Å². The number of esters is 1. The minimum absolute atomic E-state index is 0.0172. The Morgan fingerprint density at radius 2 is 2.00 bits per heavy atom. The number of anilines is 1. The van der Waals surface area contributed by atoms with E-state index in [0.29, 0.717) is 24.3 Å². The Bertz CT molecular complexity index is 1240. The molecular formula is C22H20F2N4O6. The number of amides is 1. The van der Waals surface area contributed by atoms with Gasteiger partial charge in [-0.05, 0) is 37.6 Å². The number of benzene rings is 1. The molecule has 12 heteroatoms. The first-order valence-electron chi connectivity index (χ1n) is 10.6. The lowest BCUT2D eigenvalue weighted by Crippen LogP contribution is -2.70. The summed E-state index contributed by atoms with van der Waals surface area (Å²) in [6.07, 6.45) is -2.89. The summed E-state index contributed by atoms with van der Waals surface area (Å²) in [5.74, 6) is -2.18. The minimum Gasteiger partial charge on any atom is -0.465 e. The van der Waals surface area contributed by atoms with Crippen LogP contribution in [0.5, 0.6) is 5.75 Å². The van der Waals surface area contributed by atoms with Gasteiger partial charge in [0.05, 0.1) is 24.4 Å². The van der Waals surface area contributed by atoms with E-state index in [2.05, 4.69) is 14.7 Å². The van der Waals surface area contributed by atoms with Gasteiger partial charge in [0, 0.05) is 24.8 Å². The van der Waals surface area contributed by atoms with E-state index in [4.69, 9.17) is 9.15 Å². The Balaban J connectivity index is 1.54. The number of fused-ring (bicyclic) bond motifs is 3. The highest BCUT2D eigenvalue weighted by Gasteiger charge is 2.49. The number of halogens is 2. The number of carboxylic acid groups (broad SMARTS) is 1. The fourth-order valence-corrected chi connectivity index (χ4v) is 4.39. The average Bonchev–Trinajstić information content (AvgIpc) is 3.26. The van der Waals surface area contributed by atoms with Crippen molar-refractivity contribution in [1.29, 1.82) is 0 Å². The highest BCUT2D eigenvalue weighted by molar-refractivity contribution is 5.94. The van der Waals surface area contributed by atoms with Crippen LogP contribution in [-0.2, 0) is 9.53 Å². The molecule has 3 aliphatic rings. The van der Waals surface area contributed by atoms with Crippen molar-refractivity contribution in [3.8, 4) is 17.0 Å². The molecule has 1 aromatic carbocycles. The van der Waals surface area contributed by atoms with Crippen LogP contribution in [0.2, 0.25) is 0 Å². The topological polar surface area (TPSA) is 118 Å². The van der Waals surface area contributed by atoms with Crippen molar-refractivity contribution in [2.45, 2.75) is 31.5 Å². The molecule has 1 amide bonds. The maximum absolute atomic E-state index is 14.3. The second kappa shape index (κ2) is 8.12. The van der Waals surface area contributed by atoms with Gasteiger partial charge in [-0.3, -0.25) is 9.88 Å². The molecule has 0 radical (unpaired) electrons. The molecule has 0 spiro atoms. The van der Waals surface area contributed by atoms with Crippen LogP contribution in [0.4, 0.5) is 19.6 Å². The van der Waals surface area contributed by atoms with Crippen molar-refractivity contribution >= 4 is 29.2 Å². The number of piperazine rings is 1. The molecule has 5 heterocycles. The third-order valence-corrected chi connectivity index (χ3v) is 5.87. The zero-order valence-corrected chi connectivity index (χ0v) is 18.0. The number of piperidine rings is 1. The molecule has 2 unspecified atom stereocenters. The van der Waals surface area contributed by atoms with Crippen LogP contribution >= 0.6 is 0 Å². The van der Waals surface area contributed by atoms with Gasteiger partial charge >= 0.3 is 18.2 Å². The number of hydrogen-bond acceptors (Lipinski definition) is 8. The molecule has 10 nitrogen and oxygen atoms in total. The summed E-state index contributed by atoms with van der Waals surface area (Å²) in [5.41, 5.74) is 1.16. The molecule has 3 saturated heterocycles.